The molecule has 3 aromatic rings. The summed E-state index contributed by atoms with van der Waals surface area (Å²) in [5.74, 6) is 1.31. The van der Waals surface area contributed by atoms with Gasteiger partial charge < -0.3 is 15.2 Å². The van der Waals surface area contributed by atoms with Crippen LogP contribution in [0.4, 0.5) is 0 Å². The number of carbonyl (C=O) groups excluding carboxylic acids is 2. The van der Waals surface area contributed by atoms with Crippen LogP contribution in [0.25, 0.3) is 11.0 Å². The topological polar surface area (TPSA) is 78.1 Å². The number of rotatable bonds is 5. The van der Waals surface area contributed by atoms with E-state index < -0.39 is 0 Å². The Bertz CT molecular complexity index is 957. The standard InChI is InChI=1S/C23H26N4O2/c1-16(24-23(29)18-7-3-2-4-8-18)15-21(28)27-13-11-17(12-14-27)22-25-19-9-5-6-10-20(19)26-22/h2-10,16-17H,11-15H2,1H3,(H,24,29)(H,25,26). The van der Waals surface area contributed by atoms with Gasteiger partial charge in [-0.3, -0.25) is 9.59 Å². The largest absolute Gasteiger partial charge is 0.349 e. The van der Waals surface area contributed by atoms with Crippen molar-refractivity contribution in [1.82, 2.24) is 20.2 Å². The molecule has 0 aliphatic carbocycles. The van der Waals surface area contributed by atoms with Crippen molar-refractivity contribution in [3.05, 3.63) is 66.0 Å². The number of fused-ring (bicyclic) bond motifs is 1. The first-order valence-electron chi connectivity index (χ1n) is 10.2. The summed E-state index contributed by atoms with van der Waals surface area (Å²) in [4.78, 5) is 34.9. The van der Waals surface area contributed by atoms with Crippen LogP contribution in [0.5, 0.6) is 0 Å². The first kappa shape index (κ1) is 19.2. The van der Waals surface area contributed by atoms with Crippen LogP contribution in [0.1, 0.15) is 48.3 Å². The first-order chi connectivity index (χ1) is 14.1. The molecule has 2 N–H and O–H groups in total. The molecule has 150 valence electrons. The van der Waals surface area contributed by atoms with Crippen LogP contribution >= 0.6 is 0 Å². The maximum absolute atomic E-state index is 12.7. The zero-order valence-electron chi connectivity index (χ0n) is 16.6. The molecule has 0 radical (unpaired) electrons. The van der Waals surface area contributed by atoms with Crippen molar-refractivity contribution in [2.24, 2.45) is 0 Å². The van der Waals surface area contributed by atoms with E-state index in [9.17, 15) is 9.59 Å². The highest BCUT2D eigenvalue weighted by Crippen LogP contribution is 2.28. The van der Waals surface area contributed by atoms with Crippen LogP contribution in [0.15, 0.2) is 54.6 Å². The van der Waals surface area contributed by atoms with E-state index in [1.807, 2.05) is 54.3 Å². The van der Waals surface area contributed by atoms with Crippen molar-refractivity contribution in [3.8, 4) is 0 Å². The third-order valence-electron chi connectivity index (χ3n) is 5.54. The number of imidazole rings is 1. The molecule has 0 spiro atoms. The minimum atomic E-state index is -0.205. The SMILES string of the molecule is CC(CC(=O)N1CCC(c2nc3ccccc3[nH]2)CC1)NC(=O)c1ccccc1. The van der Waals surface area contributed by atoms with Crippen molar-refractivity contribution in [1.29, 1.82) is 0 Å². The fraction of sp³-hybridized carbons (Fsp3) is 0.348. The van der Waals surface area contributed by atoms with Crippen LogP contribution in [0.3, 0.4) is 0 Å². The maximum atomic E-state index is 12.7. The van der Waals surface area contributed by atoms with Gasteiger partial charge in [0.05, 0.1) is 11.0 Å². The highest BCUT2D eigenvalue weighted by Gasteiger charge is 2.26. The number of hydrogen-bond donors (Lipinski definition) is 2. The molecule has 1 aromatic heterocycles. The Hall–Kier alpha value is -3.15. The van der Waals surface area contributed by atoms with Gasteiger partial charge in [0.25, 0.3) is 5.91 Å². The number of aromatic amines is 1. The van der Waals surface area contributed by atoms with Crippen molar-refractivity contribution in [2.45, 2.75) is 38.1 Å². The van der Waals surface area contributed by atoms with E-state index in [2.05, 4.69) is 10.3 Å². The zero-order chi connectivity index (χ0) is 20.2. The van der Waals surface area contributed by atoms with Gasteiger partial charge in [0.1, 0.15) is 5.82 Å². The summed E-state index contributed by atoms with van der Waals surface area (Å²) >= 11 is 0. The summed E-state index contributed by atoms with van der Waals surface area (Å²) in [6.07, 6.45) is 2.11. The lowest BCUT2D eigenvalue weighted by molar-refractivity contribution is -0.132. The number of nitrogens with one attached hydrogen (secondary N) is 2. The van der Waals surface area contributed by atoms with Gasteiger partial charge in [-0.2, -0.15) is 0 Å². The van der Waals surface area contributed by atoms with Gasteiger partial charge >= 0.3 is 0 Å². The lowest BCUT2D eigenvalue weighted by Crippen LogP contribution is -2.42. The molecular weight excluding hydrogens is 364 g/mol. The normalized spacial score (nSPS) is 16.0. The molecule has 6 heteroatoms. The van der Waals surface area contributed by atoms with E-state index >= 15 is 0 Å². The second kappa shape index (κ2) is 8.47. The molecule has 0 bridgehead atoms. The number of piperidine rings is 1. The number of carbonyl (C=O) groups is 2. The van der Waals surface area contributed by atoms with Crippen LogP contribution in [0, 0.1) is 0 Å². The summed E-state index contributed by atoms with van der Waals surface area (Å²) < 4.78 is 0. The summed E-state index contributed by atoms with van der Waals surface area (Å²) in [7, 11) is 0. The lowest BCUT2D eigenvalue weighted by atomic mass is 9.95. The third kappa shape index (κ3) is 4.47. The number of amides is 2. The van der Waals surface area contributed by atoms with Gasteiger partial charge in [-0.15, -0.1) is 0 Å². The van der Waals surface area contributed by atoms with Gasteiger partial charge in [-0.05, 0) is 44.0 Å². The van der Waals surface area contributed by atoms with E-state index in [1.54, 1.807) is 12.1 Å². The molecule has 4 rings (SSSR count). The Morgan fingerprint density at radius 2 is 1.79 bits per heavy atom. The number of nitrogens with zero attached hydrogens (tertiary/aromatic N) is 2. The Kier molecular flexibility index (Phi) is 5.60. The molecule has 2 amide bonds. The average Bonchev–Trinajstić information content (AvgIpc) is 3.18. The second-order valence-corrected chi connectivity index (χ2v) is 7.74. The number of aromatic nitrogens is 2. The van der Waals surface area contributed by atoms with Gasteiger partial charge in [0.2, 0.25) is 5.91 Å². The molecule has 1 aliphatic rings. The molecular formula is C23H26N4O2. The number of para-hydroxylation sites is 2. The number of likely N-dealkylation sites (tertiary alicyclic amines) is 1. The summed E-state index contributed by atoms with van der Waals surface area (Å²) in [6, 6.07) is 16.9. The highest BCUT2D eigenvalue weighted by molar-refractivity contribution is 5.94. The third-order valence-corrected chi connectivity index (χ3v) is 5.54. The van der Waals surface area contributed by atoms with E-state index in [0.717, 1.165) is 42.8 Å². The number of H-pyrrole nitrogens is 1. The molecule has 0 saturated carbocycles. The molecule has 1 fully saturated rings. The van der Waals surface area contributed by atoms with Gasteiger partial charge in [0.15, 0.2) is 0 Å². The highest BCUT2D eigenvalue weighted by atomic mass is 16.2. The van der Waals surface area contributed by atoms with Crippen molar-refractivity contribution < 1.29 is 9.59 Å². The zero-order valence-corrected chi connectivity index (χ0v) is 16.6. The van der Waals surface area contributed by atoms with Crippen LogP contribution in [0.2, 0.25) is 0 Å². The molecule has 2 aromatic carbocycles. The van der Waals surface area contributed by atoms with E-state index in [-0.39, 0.29) is 17.9 Å². The predicted molar refractivity (Wildman–Crippen MR) is 113 cm³/mol. The van der Waals surface area contributed by atoms with Gasteiger partial charge in [-0.1, -0.05) is 30.3 Å². The molecule has 1 unspecified atom stereocenters. The Morgan fingerprint density at radius 3 is 2.52 bits per heavy atom. The number of hydrogen-bond acceptors (Lipinski definition) is 3. The first-order valence-corrected chi connectivity index (χ1v) is 10.2. The average molecular weight is 390 g/mol. The predicted octanol–water partition coefficient (Wildman–Crippen LogP) is 3.48. The van der Waals surface area contributed by atoms with E-state index in [4.69, 9.17) is 4.98 Å². The summed E-state index contributed by atoms with van der Waals surface area (Å²) in [6.45, 7) is 3.32. The van der Waals surface area contributed by atoms with Crippen LogP contribution < -0.4 is 5.32 Å². The Balaban J connectivity index is 1.28. The minimum Gasteiger partial charge on any atom is -0.349 e. The van der Waals surface area contributed by atoms with Gasteiger partial charge in [-0.25, -0.2) is 4.98 Å². The Morgan fingerprint density at radius 1 is 1.10 bits per heavy atom. The fourth-order valence-corrected chi connectivity index (χ4v) is 3.91. The van der Waals surface area contributed by atoms with Crippen molar-refractivity contribution in [3.63, 3.8) is 0 Å². The van der Waals surface area contributed by atoms with E-state index in [1.165, 1.54) is 0 Å². The van der Waals surface area contributed by atoms with Crippen LogP contribution in [-0.4, -0.2) is 45.8 Å². The maximum Gasteiger partial charge on any atom is 0.251 e. The van der Waals surface area contributed by atoms with Crippen molar-refractivity contribution >= 4 is 22.8 Å². The molecule has 1 aliphatic heterocycles. The van der Waals surface area contributed by atoms with Gasteiger partial charge in [0, 0.05) is 37.0 Å². The van der Waals surface area contributed by atoms with Crippen LogP contribution in [-0.2, 0) is 4.79 Å². The quantitative estimate of drug-likeness (QED) is 0.700. The lowest BCUT2D eigenvalue weighted by Gasteiger charge is -2.32. The molecule has 29 heavy (non-hydrogen) atoms. The second-order valence-electron chi connectivity index (χ2n) is 7.74. The van der Waals surface area contributed by atoms with E-state index in [0.29, 0.717) is 17.9 Å². The summed E-state index contributed by atoms with van der Waals surface area (Å²) in [5, 5.41) is 2.91. The Labute approximate surface area is 170 Å². The summed E-state index contributed by atoms with van der Waals surface area (Å²) in [5.41, 5.74) is 2.66. The minimum absolute atomic E-state index is 0.0916. The molecule has 2 heterocycles. The molecule has 1 saturated heterocycles. The monoisotopic (exact) mass is 390 g/mol. The van der Waals surface area contributed by atoms with Crippen molar-refractivity contribution in [2.75, 3.05) is 13.1 Å². The molecule has 1 atom stereocenters. The molecule has 6 nitrogen and oxygen atoms in total. The fourth-order valence-electron chi connectivity index (χ4n) is 3.91. The smallest absolute Gasteiger partial charge is 0.251 e. The number of benzene rings is 2.